The van der Waals surface area contributed by atoms with Crippen molar-refractivity contribution in [3.63, 3.8) is 0 Å². The maximum Gasteiger partial charge on any atom is 0.263 e. The largest absolute Gasteiger partial charge is 0.481 e. The minimum Gasteiger partial charge on any atom is -0.481 e. The van der Waals surface area contributed by atoms with Crippen LogP contribution in [0.4, 0.5) is 0 Å². The second kappa shape index (κ2) is 9.77. The molecule has 1 heterocycles. The zero-order valence-corrected chi connectivity index (χ0v) is 21.0. The molecule has 33 heavy (non-hydrogen) atoms. The molecule has 6 nitrogen and oxygen atoms in total. The van der Waals surface area contributed by atoms with Gasteiger partial charge in [-0.2, -0.15) is 4.98 Å². The molecule has 1 amide bonds. The molecule has 1 aromatic heterocycles. The van der Waals surface area contributed by atoms with Gasteiger partial charge < -0.3 is 14.2 Å². The highest BCUT2D eigenvalue weighted by molar-refractivity contribution is 5.80. The Morgan fingerprint density at radius 1 is 1.09 bits per heavy atom. The van der Waals surface area contributed by atoms with Gasteiger partial charge in [-0.1, -0.05) is 76.2 Å². The molecule has 0 aliphatic heterocycles. The van der Waals surface area contributed by atoms with E-state index in [1.807, 2.05) is 25.1 Å². The van der Waals surface area contributed by atoms with Crippen molar-refractivity contribution in [1.29, 1.82) is 0 Å². The minimum absolute atomic E-state index is 0.0805. The number of hydrogen-bond acceptors (Lipinski definition) is 5. The second-order valence-corrected chi connectivity index (χ2v) is 9.99. The smallest absolute Gasteiger partial charge is 0.263 e. The van der Waals surface area contributed by atoms with E-state index in [0.717, 1.165) is 22.4 Å². The van der Waals surface area contributed by atoms with Crippen molar-refractivity contribution in [2.45, 2.75) is 72.4 Å². The van der Waals surface area contributed by atoms with Crippen LogP contribution >= 0.6 is 0 Å². The van der Waals surface area contributed by atoms with Crippen LogP contribution in [0.1, 0.15) is 70.0 Å². The maximum atomic E-state index is 12.9. The fraction of sp³-hybridized carbons (Fsp3) is 0.444. The number of benzene rings is 2. The first-order chi connectivity index (χ1) is 15.5. The van der Waals surface area contributed by atoms with Crippen LogP contribution < -0.4 is 4.74 Å². The van der Waals surface area contributed by atoms with E-state index in [9.17, 15) is 4.79 Å². The average Bonchev–Trinajstić information content (AvgIpc) is 3.20. The van der Waals surface area contributed by atoms with Crippen molar-refractivity contribution < 1.29 is 14.1 Å². The number of rotatable bonds is 7. The number of carbonyl (C=O) groups excluding carboxylic acids is 1. The lowest BCUT2D eigenvalue weighted by Crippen LogP contribution is -2.37. The summed E-state index contributed by atoms with van der Waals surface area (Å²) in [4.78, 5) is 19.0. The van der Waals surface area contributed by atoms with Gasteiger partial charge in [0.1, 0.15) is 5.75 Å². The Hall–Kier alpha value is -3.15. The van der Waals surface area contributed by atoms with Gasteiger partial charge in [0.2, 0.25) is 11.7 Å². The van der Waals surface area contributed by atoms with Crippen molar-refractivity contribution in [3.05, 3.63) is 65.0 Å². The molecule has 0 aliphatic rings. The number of likely N-dealkylation sites (N-methyl/N-ethyl adjacent to an activating group) is 1. The fourth-order valence-electron chi connectivity index (χ4n) is 3.61. The van der Waals surface area contributed by atoms with Crippen molar-refractivity contribution in [3.8, 4) is 17.1 Å². The van der Waals surface area contributed by atoms with E-state index >= 15 is 0 Å². The van der Waals surface area contributed by atoms with Gasteiger partial charge in [0.25, 0.3) is 5.91 Å². The Bertz CT molecular complexity index is 1090. The number of aryl methyl sites for hydroxylation is 1. The van der Waals surface area contributed by atoms with Gasteiger partial charge in [0.15, 0.2) is 6.10 Å². The van der Waals surface area contributed by atoms with E-state index in [-0.39, 0.29) is 17.9 Å². The average molecular weight is 450 g/mol. The Kier molecular flexibility index (Phi) is 7.25. The van der Waals surface area contributed by atoms with E-state index in [1.165, 1.54) is 5.56 Å². The van der Waals surface area contributed by atoms with Gasteiger partial charge in [-0.15, -0.1) is 0 Å². The lowest BCUT2D eigenvalue weighted by atomic mass is 9.87. The maximum absolute atomic E-state index is 12.9. The molecule has 1 atom stereocenters. The molecule has 0 saturated carbocycles. The van der Waals surface area contributed by atoms with E-state index in [4.69, 9.17) is 9.26 Å². The van der Waals surface area contributed by atoms with Crippen molar-refractivity contribution in [2.24, 2.45) is 0 Å². The molecule has 176 valence electrons. The summed E-state index contributed by atoms with van der Waals surface area (Å²) in [5.41, 5.74) is 4.38. The molecule has 0 aliphatic carbocycles. The van der Waals surface area contributed by atoms with Crippen molar-refractivity contribution in [2.75, 3.05) is 7.05 Å². The second-order valence-electron chi connectivity index (χ2n) is 9.99. The summed E-state index contributed by atoms with van der Waals surface area (Å²) >= 11 is 0. The van der Waals surface area contributed by atoms with Crippen LogP contribution in [0.2, 0.25) is 0 Å². The summed E-state index contributed by atoms with van der Waals surface area (Å²) in [6, 6.07) is 14.2. The molecule has 3 aromatic rings. The van der Waals surface area contributed by atoms with Crippen LogP contribution in [-0.4, -0.2) is 34.1 Å². The summed E-state index contributed by atoms with van der Waals surface area (Å²) < 4.78 is 11.5. The SMILES string of the molecule is Cc1ccc(C(C)C)c(OC(C)C(=O)N(C)Cc2nc(-c3ccc(C(C)(C)C)cc3)no2)c1. The first-order valence-electron chi connectivity index (χ1n) is 11.4. The molecule has 6 heteroatoms. The zero-order chi connectivity index (χ0) is 24.3. The summed E-state index contributed by atoms with van der Waals surface area (Å²) in [7, 11) is 1.71. The number of aromatic nitrogens is 2. The van der Waals surface area contributed by atoms with Crippen LogP contribution in [0, 0.1) is 6.92 Å². The topological polar surface area (TPSA) is 68.5 Å². The van der Waals surface area contributed by atoms with Crippen LogP contribution in [-0.2, 0) is 16.8 Å². The Balaban J connectivity index is 1.66. The van der Waals surface area contributed by atoms with Gasteiger partial charge in [-0.3, -0.25) is 4.79 Å². The zero-order valence-electron chi connectivity index (χ0n) is 21.0. The lowest BCUT2D eigenvalue weighted by molar-refractivity contribution is -0.137. The predicted molar refractivity (Wildman–Crippen MR) is 130 cm³/mol. The van der Waals surface area contributed by atoms with E-state index in [2.05, 4.69) is 69.0 Å². The first kappa shape index (κ1) is 24.5. The van der Waals surface area contributed by atoms with Crippen LogP contribution in [0.15, 0.2) is 47.0 Å². The first-order valence-corrected chi connectivity index (χ1v) is 11.4. The molecule has 0 spiro atoms. The van der Waals surface area contributed by atoms with Crippen molar-refractivity contribution in [1.82, 2.24) is 15.0 Å². The Labute approximate surface area is 197 Å². The van der Waals surface area contributed by atoms with Gasteiger partial charge in [0, 0.05) is 12.6 Å². The summed E-state index contributed by atoms with van der Waals surface area (Å²) in [5, 5.41) is 4.09. The van der Waals surface area contributed by atoms with Crippen LogP contribution in [0.25, 0.3) is 11.4 Å². The number of ether oxygens (including phenoxy) is 1. The van der Waals surface area contributed by atoms with Gasteiger partial charge in [-0.05, 0) is 47.9 Å². The van der Waals surface area contributed by atoms with E-state index in [1.54, 1.807) is 18.9 Å². The molecule has 2 aromatic carbocycles. The van der Waals surface area contributed by atoms with Crippen molar-refractivity contribution >= 4 is 5.91 Å². The monoisotopic (exact) mass is 449 g/mol. The lowest BCUT2D eigenvalue weighted by Gasteiger charge is -2.23. The molecule has 0 bridgehead atoms. The van der Waals surface area contributed by atoms with Gasteiger partial charge in [-0.25, -0.2) is 0 Å². The number of carbonyl (C=O) groups is 1. The van der Waals surface area contributed by atoms with E-state index in [0.29, 0.717) is 17.6 Å². The minimum atomic E-state index is -0.637. The molecular formula is C27H35N3O3. The molecule has 0 radical (unpaired) electrons. The van der Waals surface area contributed by atoms with Gasteiger partial charge in [0.05, 0.1) is 6.54 Å². The molecule has 0 N–H and O–H groups in total. The summed E-state index contributed by atoms with van der Waals surface area (Å²) in [5.74, 6) is 1.79. The fourth-order valence-corrected chi connectivity index (χ4v) is 3.61. The molecule has 3 rings (SSSR count). The highest BCUT2D eigenvalue weighted by atomic mass is 16.5. The predicted octanol–water partition coefficient (Wildman–Crippen LogP) is 5.89. The third-order valence-corrected chi connectivity index (χ3v) is 5.67. The normalized spacial score (nSPS) is 12.6. The molecule has 0 saturated heterocycles. The number of nitrogens with zero attached hydrogens (tertiary/aromatic N) is 3. The number of hydrogen-bond donors (Lipinski definition) is 0. The third-order valence-electron chi connectivity index (χ3n) is 5.67. The summed E-state index contributed by atoms with van der Waals surface area (Å²) in [6.45, 7) is 14.7. The Morgan fingerprint density at radius 3 is 2.36 bits per heavy atom. The molecule has 0 fully saturated rings. The number of amides is 1. The highest BCUT2D eigenvalue weighted by Crippen LogP contribution is 2.29. The van der Waals surface area contributed by atoms with Crippen LogP contribution in [0.3, 0.4) is 0 Å². The van der Waals surface area contributed by atoms with Crippen LogP contribution in [0.5, 0.6) is 5.75 Å². The molecular weight excluding hydrogens is 414 g/mol. The Morgan fingerprint density at radius 2 is 1.76 bits per heavy atom. The molecule has 1 unspecified atom stereocenters. The standard InChI is InChI=1S/C27H35N3O3/c1-17(2)22-14-9-18(3)15-23(22)32-19(4)26(31)30(8)16-24-28-25(29-33-24)20-10-12-21(13-11-20)27(5,6)7/h9-15,17,19H,16H2,1-8H3. The summed E-state index contributed by atoms with van der Waals surface area (Å²) in [6.07, 6.45) is -0.637. The van der Waals surface area contributed by atoms with Gasteiger partial charge >= 0.3 is 0 Å². The highest BCUT2D eigenvalue weighted by Gasteiger charge is 2.23. The quantitative estimate of drug-likeness (QED) is 0.450. The third kappa shape index (κ3) is 6.01. The van der Waals surface area contributed by atoms with E-state index < -0.39 is 6.10 Å².